The maximum atomic E-state index is 5.79. The van der Waals surface area contributed by atoms with Crippen LogP contribution in [0.5, 0.6) is 5.75 Å². The number of hydrogen-bond donors (Lipinski definition) is 1. The van der Waals surface area contributed by atoms with Crippen molar-refractivity contribution >= 4 is 0 Å². The zero-order valence-corrected chi connectivity index (χ0v) is 13.2. The van der Waals surface area contributed by atoms with Crippen LogP contribution in [0.4, 0.5) is 0 Å². The highest BCUT2D eigenvalue weighted by molar-refractivity contribution is 5.48. The minimum absolute atomic E-state index is 0.0926. The van der Waals surface area contributed by atoms with Gasteiger partial charge >= 0.3 is 0 Å². The lowest BCUT2D eigenvalue weighted by Gasteiger charge is -2.22. The summed E-state index contributed by atoms with van der Waals surface area (Å²) in [5.41, 5.74) is 5.34. The fourth-order valence-electron chi connectivity index (χ4n) is 3.13. The largest absolute Gasteiger partial charge is 0.492 e. The number of benzene rings is 2. The van der Waals surface area contributed by atoms with E-state index >= 15 is 0 Å². The summed E-state index contributed by atoms with van der Waals surface area (Å²) in [6.07, 6.45) is 0. The molecule has 110 valence electrons. The van der Waals surface area contributed by atoms with Crippen molar-refractivity contribution in [3.05, 3.63) is 64.7 Å². The lowest BCUT2D eigenvalue weighted by molar-refractivity contribution is 0.291. The van der Waals surface area contributed by atoms with Crippen LogP contribution in [0, 0.1) is 6.92 Å². The van der Waals surface area contributed by atoms with Gasteiger partial charge in [0.15, 0.2) is 0 Å². The highest BCUT2D eigenvalue weighted by atomic mass is 16.5. The van der Waals surface area contributed by atoms with Crippen LogP contribution in [0.2, 0.25) is 0 Å². The Hall–Kier alpha value is -1.80. The molecule has 1 unspecified atom stereocenters. The molecule has 2 aromatic rings. The first-order valence-electron chi connectivity index (χ1n) is 7.53. The molecular formula is C19H23NO. The normalized spacial score (nSPS) is 17.1. The fraction of sp³-hybridized carbons (Fsp3) is 0.368. The van der Waals surface area contributed by atoms with Crippen molar-refractivity contribution < 1.29 is 4.74 Å². The minimum Gasteiger partial charge on any atom is -0.492 e. The number of fused-ring (bicyclic) bond motifs is 1. The van der Waals surface area contributed by atoms with Crippen molar-refractivity contribution in [1.82, 2.24) is 5.32 Å². The summed E-state index contributed by atoms with van der Waals surface area (Å²) in [4.78, 5) is 0. The van der Waals surface area contributed by atoms with Gasteiger partial charge in [-0.1, -0.05) is 44.2 Å². The molecule has 1 N–H and O–H groups in total. The van der Waals surface area contributed by atoms with Crippen LogP contribution >= 0.6 is 0 Å². The van der Waals surface area contributed by atoms with Crippen molar-refractivity contribution in [2.24, 2.45) is 0 Å². The molecule has 0 bridgehead atoms. The Bertz CT molecular complexity index is 660. The van der Waals surface area contributed by atoms with Crippen LogP contribution in [0.15, 0.2) is 42.5 Å². The van der Waals surface area contributed by atoms with Gasteiger partial charge in [0.2, 0.25) is 0 Å². The molecular weight excluding hydrogens is 258 g/mol. The molecule has 0 amide bonds. The molecule has 2 heteroatoms. The van der Waals surface area contributed by atoms with Gasteiger partial charge in [0.25, 0.3) is 0 Å². The first kappa shape index (κ1) is 14.2. The predicted octanol–water partition coefficient (Wildman–Crippen LogP) is 3.97. The number of hydrogen-bond acceptors (Lipinski definition) is 2. The van der Waals surface area contributed by atoms with Gasteiger partial charge < -0.3 is 10.1 Å². The second-order valence-electron chi connectivity index (χ2n) is 6.51. The Labute approximate surface area is 127 Å². The van der Waals surface area contributed by atoms with Gasteiger partial charge in [0, 0.05) is 11.0 Å². The average molecular weight is 281 g/mol. The lowest BCUT2D eigenvalue weighted by Crippen LogP contribution is -2.21. The smallest absolute Gasteiger partial charge is 0.123 e. The van der Waals surface area contributed by atoms with Crippen molar-refractivity contribution in [2.45, 2.75) is 32.2 Å². The highest BCUT2D eigenvalue weighted by Crippen LogP contribution is 2.40. The topological polar surface area (TPSA) is 21.3 Å². The van der Waals surface area contributed by atoms with Gasteiger partial charge in [-0.2, -0.15) is 0 Å². The summed E-state index contributed by atoms with van der Waals surface area (Å²) in [5, 5.41) is 3.45. The summed E-state index contributed by atoms with van der Waals surface area (Å²) in [6, 6.07) is 15.4. The first-order valence-corrected chi connectivity index (χ1v) is 7.53. The lowest BCUT2D eigenvalue weighted by atomic mass is 9.84. The van der Waals surface area contributed by atoms with E-state index in [1.807, 2.05) is 7.05 Å². The van der Waals surface area contributed by atoms with Crippen LogP contribution < -0.4 is 10.1 Å². The molecule has 1 aliphatic heterocycles. The van der Waals surface area contributed by atoms with Crippen LogP contribution in [-0.4, -0.2) is 13.7 Å². The van der Waals surface area contributed by atoms with E-state index < -0.39 is 0 Å². The van der Waals surface area contributed by atoms with Gasteiger partial charge in [0.05, 0.1) is 12.6 Å². The predicted molar refractivity (Wildman–Crippen MR) is 87.0 cm³/mol. The second-order valence-corrected chi connectivity index (χ2v) is 6.51. The maximum Gasteiger partial charge on any atom is 0.123 e. The molecule has 2 nitrogen and oxygen atoms in total. The molecule has 0 saturated heterocycles. The Morgan fingerprint density at radius 1 is 1.14 bits per heavy atom. The van der Waals surface area contributed by atoms with Crippen molar-refractivity contribution in [2.75, 3.05) is 13.7 Å². The van der Waals surface area contributed by atoms with Crippen LogP contribution in [-0.2, 0) is 5.41 Å². The number of aryl methyl sites for hydroxylation is 1. The molecule has 1 heterocycles. The zero-order valence-electron chi connectivity index (χ0n) is 13.2. The van der Waals surface area contributed by atoms with Gasteiger partial charge in [-0.25, -0.2) is 0 Å². The minimum atomic E-state index is 0.0926. The quantitative estimate of drug-likeness (QED) is 0.919. The molecule has 0 spiro atoms. The standard InChI is InChI=1S/C19H23NO/c1-13-7-5-6-8-15(13)18(20-4)14-9-10-17-16(11-14)19(2,3)12-21-17/h5-11,18,20H,12H2,1-4H3. The van der Waals surface area contributed by atoms with E-state index in [1.54, 1.807) is 0 Å². The van der Waals surface area contributed by atoms with Crippen molar-refractivity contribution in [3.8, 4) is 5.75 Å². The van der Waals surface area contributed by atoms with E-state index in [0.29, 0.717) is 0 Å². The molecule has 0 saturated carbocycles. The van der Waals surface area contributed by atoms with E-state index in [-0.39, 0.29) is 11.5 Å². The third-order valence-electron chi connectivity index (χ3n) is 4.44. The third-order valence-corrected chi connectivity index (χ3v) is 4.44. The molecule has 1 atom stereocenters. The summed E-state index contributed by atoms with van der Waals surface area (Å²) in [6.45, 7) is 7.41. The highest BCUT2D eigenvalue weighted by Gasteiger charge is 2.32. The Morgan fingerprint density at radius 2 is 1.90 bits per heavy atom. The van der Waals surface area contributed by atoms with Crippen LogP contribution in [0.1, 0.15) is 42.1 Å². The van der Waals surface area contributed by atoms with Crippen LogP contribution in [0.25, 0.3) is 0 Å². The zero-order chi connectivity index (χ0) is 15.0. The number of rotatable bonds is 3. The van der Waals surface area contributed by atoms with Crippen molar-refractivity contribution in [1.29, 1.82) is 0 Å². The second kappa shape index (κ2) is 5.19. The van der Waals surface area contributed by atoms with Crippen LogP contribution in [0.3, 0.4) is 0 Å². The Balaban J connectivity index is 2.06. The fourth-order valence-corrected chi connectivity index (χ4v) is 3.13. The number of nitrogens with one attached hydrogen (secondary N) is 1. The molecule has 21 heavy (non-hydrogen) atoms. The molecule has 0 radical (unpaired) electrons. The third kappa shape index (κ3) is 2.44. The van der Waals surface area contributed by atoms with E-state index in [2.05, 4.69) is 68.6 Å². The summed E-state index contributed by atoms with van der Waals surface area (Å²) in [7, 11) is 2.02. The van der Waals surface area contributed by atoms with E-state index in [9.17, 15) is 0 Å². The Kier molecular flexibility index (Phi) is 3.50. The van der Waals surface area contributed by atoms with Gasteiger partial charge in [-0.15, -0.1) is 0 Å². The van der Waals surface area contributed by atoms with E-state index in [1.165, 1.54) is 22.3 Å². The molecule has 0 aliphatic carbocycles. The van der Waals surface area contributed by atoms with Gasteiger partial charge in [-0.3, -0.25) is 0 Å². The first-order chi connectivity index (χ1) is 10.0. The van der Waals surface area contributed by atoms with Crippen molar-refractivity contribution in [3.63, 3.8) is 0 Å². The molecule has 0 fully saturated rings. The molecule has 0 aromatic heterocycles. The summed E-state index contributed by atoms with van der Waals surface area (Å²) in [5.74, 6) is 1.03. The summed E-state index contributed by atoms with van der Waals surface area (Å²) >= 11 is 0. The monoisotopic (exact) mass is 281 g/mol. The van der Waals surface area contributed by atoms with E-state index in [4.69, 9.17) is 4.74 Å². The number of ether oxygens (including phenoxy) is 1. The Morgan fingerprint density at radius 3 is 2.62 bits per heavy atom. The molecule has 2 aromatic carbocycles. The van der Waals surface area contributed by atoms with E-state index in [0.717, 1.165) is 12.4 Å². The summed E-state index contributed by atoms with van der Waals surface area (Å²) < 4.78 is 5.79. The maximum absolute atomic E-state index is 5.79. The molecule has 3 rings (SSSR count). The molecule has 1 aliphatic rings. The van der Waals surface area contributed by atoms with Gasteiger partial charge in [0.1, 0.15) is 5.75 Å². The SMILES string of the molecule is CNC(c1ccc2c(c1)C(C)(C)CO2)c1ccccc1C. The van der Waals surface area contributed by atoms with Gasteiger partial charge in [-0.05, 0) is 42.8 Å². The average Bonchev–Trinajstić information content (AvgIpc) is 2.77.